The van der Waals surface area contributed by atoms with Crippen LogP contribution < -0.4 is 5.73 Å². The molecule has 1 heterocycles. The normalized spacial score (nSPS) is 12.7. The van der Waals surface area contributed by atoms with Gasteiger partial charge in [-0.05, 0) is 12.8 Å². The van der Waals surface area contributed by atoms with Crippen LogP contribution in [0.1, 0.15) is 30.4 Å². The number of ketones is 1. The molecule has 0 bridgehead atoms. The smallest absolute Gasteiger partial charge is 0.214 e. The molecule has 0 saturated carbocycles. The molecular formula is C11H19N3O2. The molecule has 0 aromatic carbocycles. The molecule has 1 aromatic heterocycles. The highest BCUT2D eigenvalue weighted by Crippen LogP contribution is 2.04. The van der Waals surface area contributed by atoms with Crippen molar-refractivity contribution in [1.82, 2.24) is 9.55 Å². The number of nitrogens with zero attached hydrogens (tertiary/aromatic N) is 2. The lowest BCUT2D eigenvalue weighted by Gasteiger charge is -2.11. The molecule has 0 aliphatic carbocycles. The van der Waals surface area contributed by atoms with Crippen LogP contribution >= 0.6 is 0 Å². The Morgan fingerprint density at radius 1 is 1.69 bits per heavy atom. The number of aryl methyl sites for hydroxylation is 1. The predicted molar refractivity (Wildman–Crippen MR) is 61.3 cm³/mol. The second-order valence-electron chi connectivity index (χ2n) is 3.70. The van der Waals surface area contributed by atoms with Gasteiger partial charge in [-0.1, -0.05) is 6.92 Å². The average molecular weight is 225 g/mol. The summed E-state index contributed by atoms with van der Waals surface area (Å²) in [5.74, 6) is 0.334. The van der Waals surface area contributed by atoms with Crippen molar-refractivity contribution in [3.8, 4) is 0 Å². The van der Waals surface area contributed by atoms with Crippen LogP contribution in [0.15, 0.2) is 12.4 Å². The Balaban J connectivity index is 2.67. The number of ether oxygens (including phenoxy) is 1. The minimum absolute atomic E-state index is 0.115. The maximum absolute atomic E-state index is 11.9. The van der Waals surface area contributed by atoms with Gasteiger partial charge in [0.05, 0.1) is 6.04 Å². The van der Waals surface area contributed by atoms with E-state index in [1.54, 1.807) is 19.5 Å². The van der Waals surface area contributed by atoms with E-state index in [1.807, 2.05) is 4.57 Å². The Kier molecular flexibility index (Phi) is 5.14. The molecule has 2 N–H and O–H groups in total. The number of methoxy groups -OCH3 is 1. The van der Waals surface area contributed by atoms with Gasteiger partial charge in [-0.3, -0.25) is 4.79 Å². The van der Waals surface area contributed by atoms with E-state index in [0.29, 0.717) is 18.9 Å². The van der Waals surface area contributed by atoms with Crippen LogP contribution in [0.3, 0.4) is 0 Å². The largest absolute Gasteiger partial charge is 0.385 e. The molecule has 90 valence electrons. The van der Waals surface area contributed by atoms with E-state index in [0.717, 1.165) is 13.0 Å². The van der Waals surface area contributed by atoms with E-state index < -0.39 is 6.04 Å². The third kappa shape index (κ3) is 3.15. The van der Waals surface area contributed by atoms with Gasteiger partial charge in [-0.2, -0.15) is 0 Å². The summed E-state index contributed by atoms with van der Waals surface area (Å²) in [5.41, 5.74) is 5.78. The molecule has 0 aliphatic rings. The first kappa shape index (κ1) is 12.9. The van der Waals surface area contributed by atoms with E-state index in [1.165, 1.54) is 0 Å². The second kappa shape index (κ2) is 6.40. The maximum atomic E-state index is 11.9. The van der Waals surface area contributed by atoms with Crippen LogP contribution in [0.25, 0.3) is 0 Å². The first-order valence-corrected chi connectivity index (χ1v) is 5.50. The predicted octanol–water partition coefficient (Wildman–Crippen LogP) is 0.840. The molecule has 1 aromatic rings. The zero-order valence-electron chi connectivity index (χ0n) is 9.85. The first-order valence-electron chi connectivity index (χ1n) is 5.50. The van der Waals surface area contributed by atoms with Crippen molar-refractivity contribution in [1.29, 1.82) is 0 Å². The van der Waals surface area contributed by atoms with E-state index in [-0.39, 0.29) is 5.78 Å². The highest BCUT2D eigenvalue weighted by atomic mass is 16.5. The third-order valence-electron chi connectivity index (χ3n) is 2.37. The van der Waals surface area contributed by atoms with Crippen LogP contribution in [0.5, 0.6) is 0 Å². The molecule has 0 saturated heterocycles. The standard InChI is InChI=1S/C11H19N3O2/c1-3-6-14-7-5-13-11(14)10(15)9(12)4-8-16-2/h5,7,9H,3-4,6,8,12H2,1-2H3. The SMILES string of the molecule is CCCn1ccnc1C(=O)C(N)CCOC. The van der Waals surface area contributed by atoms with Gasteiger partial charge in [0, 0.05) is 32.7 Å². The lowest BCUT2D eigenvalue weighted by molar-refractivity contribution is 0.0921. The van der Waals surface area contributed by atoms with E-state index in [4.69, 9.17) is 10.5 Å². The topological polar surface area (TPSA) is 70.1 Å². The van der Waals surface area contributed by atoms with Crippen molar-refractivity contribution < 1.29 is 9.53 Å². The fourth-order valence-corrected chi connectivity index (χ4v) is 1.50. The van der Waals surface area contributed by atoms with Gasteiger partial charge >= 0.3 is 0 Å². The number of aromatic nitrogens is 2. The Bertz CT molecular complexity index is 336. The van der Waals surface area contributed by atoms with Crippen LogP contribution in [0.4, 0.5) is 0 Å². The fourth-order valence-electron chi connectivity index (χ4n) is 1.50. The summed E-state index contributed by atoms with van der Waals surface area (Å²) < 4.78 is 6.74. The van der Waals surface area contributed by atoms with Gasteiger partial charge < -0.3 is 15.0 Å². The summed E-state index contributed by atoms with van der Waals surface area (Å²) in [7, 11) is 1.59. The molecule has 1 unspecified atom stereocenters. The molecule has 1 atom stereocenters. The van der Waals surface area contributed by atoms with Gasteiger partial charge in [-0.25, -0.2) is 4.98 Å². The number of hydrogen-bond donors (Lipinski definition) is 1. The summed E-state index contributed by atoms with van der Waals surface area (Å²) in [6, 6.07) is -0.530. The van der Waals surface area contributed by atoms with Crippen molar-refractivity contribution in [2.24, 2.45) is 5.73 Å². The Morgan fingerprint density at radius 2 is 2.44 bits per heavy atom. The molecule has 1 rings (SSSR count). The number of rotatable bonds is 7. The number of imidazole rings is 1. The van der Waals surface area contributed by atoms with Crippen molar-refractivity contribution in [3.63, 3.8) is 0 Å². The molecular weight excluding hydrogens is 206 g/mol. The highest BCUT2D eigenvalue weighted by molar-refractivity contribution is 5.97. The molecule has 5 heteroatoms. The van der Waals surface area contributed by atoms with Crippen molar-refractivity contribution >= 4 is 5.78 Å². The van der Waals surface area contributed by atoms with Gasteiger partial charge in [0.25, 0.3) is 0 Å². The molecule has 0 aliphatic heterocycles. The first-order chi connectivity index (χ1) is 7.70. The van der Waals surface area contributed by atoms with Gasteiger partial charge in [0.15, 0.2) is 5.82 Å². The van der Waals surface area contributed by atoms with Crippen LogP contribution in [-0.2, 0) is 11.3 Å². The summed E-state index contributed by atoms with van der Waals surface area (Å²) >= 11 is 0. The minimum atomic E-state index is -0.530. The number of carbonyl (C=O) groups excluding carboxylic acids is 1. The van der Waals surface area contributed by atoms with Crippen molar-refractivity contribution in [3.05, 3.63) is 18.2 Å². The molecule has 0 fully saturated rings. The van der Waals surface area contributed by atoms with Crippen LogP contribution in [-0.4, -0.2) is 35.1 Å². The van der Waals surface area contributed by atoms with Crippen LogP contribution in [0.2, 0.25) is 0 Å². The molecule has 16 heavy (non-hydrogen) atoms. The maximum Gasteiger partial charge on any atom is 0.214 e. The van der Waals surface area contributed by atoms with Gasteiger partial charge in [-0.15, -0.1) is 0 Å². The molecule has 5 nitrogen and oxygen atoms in total. The number of nitrogens with two attached hydrogens (primary N) is 1. The van der Waals surface area contributed by atoms with Crippen molar-refractivity contribution in [2.75, 3.05) is 13.7 Å². The number of Topliss-reactive ketones (excluding diaryl/α,β-unsaturated/α-hetero) is 1. The third-order valence-corrected chi connectivity index (χ3v) is 2.37. The van der Waals surface area contributed by atoms with Gasteiger partial charge in [0.2, 0.25) is 5.78 Å². The zero-order chi connectivity index (χ0) is 12.0. The quantitative estimate of drug-likeness (QED) is 0.698. The number of hydrogen-bond acceptors (Lipinski definition) is 4. The fraction of sp³-hybridized carbons (Fsp3) is 0.636. The minimum Gasteiger partial charge on any atom is -0.385 e. The monoisotopic (exact) mass is 225 g/mol. The highest BCUT2D eigenvalue weighted by Gasteiger charge is 2.19. The molecule has 0 amide bonds. The zero-order valence-corrected chi connectivity index (χ0v) is 9.85. The number of carbonyl (C=O) groups is 1. The average Bonchev–Trinajstić information content (AvgIpc) is 2.73. The summed E-state index contributed by atoms with van der Waals surface area (Å²) in [4.78, 5) is 16.0. The Morgan fingerprint density at radius 3 is 3.06 bits per heavy atom. The van der Waals surface area contributed by atoms with Gasteiger partial charge in [0.1, 0.15) is 0 Å². The summed E-state index contributed by atoms with van der Waals surface area (Å²) in [6.07, 6.45) is 4.92. The van der Waals surface area contributed by atoms with Crippen LogP contribution in [0, 0.1) is 0 Å². The van der Waals surface area contributed by atoms with E-state index in [9.17, 15) is 4.79 Å². The Labute approximate surface area is 95.6 Å². The molecule has 0 radical (unpaired) electrons. The lowest BCUT2D eigenvalue weighted by atomic mass is 10.1. The summed E-state index contributed by atoms with van der Waals surface area (Å²) in [5, 5.41) is 0. The Hall–Kier alpha value is -1.20. The molecule has 0 spiro atoms. The van der Waals surface area contributed by atoms with Crippen molar-refractivity contribution in [2.45, 2.75) is 32.4 Å². The van der Waals surface area contributed by atoms with E-state index >= 15 is 0 Å². The summed E-state index contributed by atoms with van der Waals surface area (Å²) in [6.45, 7) is 3.33. The van der Waals surface area contributed by atoms with E-state index in [2.05, 4.69) is 11.9 Å². The lowest BCUT2D eigenvalue weighted by Crippen LogP contribution is -2.33. The second-order valence-corrected chi connectivity index (χ2v) is 3.70.